The lowest BCUT2D eigenvalue weighted by atomic mass is 10.0. The highest BCUT2D eigenvalue weighted by molar-refractivity contribution is 7.21. The van der Waals surface area contributed by atoms with Gasteiger partial charge in [-0.3, -0.25) is 9.69 Å². The number of nitrogens with one attached hydrogen (secondary N) is 1. The third kappa shape index (κ3) is 5.04. The zero-order valence-electron chi connectivity index (χ0n) is 23.0. The lowest BCUT2D eigenvalue weighted by Crippen LogP contribution is -2.50. The van der Waals surface area contributed by atoms with Crippen molar-refractivity contribution in [3.8, 4) is 22.6 Å². The molecule has 1 amide bonds. The predicted molar refractivity (Wildman–Crippen MR) is 160 cm³/mol. The van der Waals surface area contributed by atoms with E-state index in [1.807, 2.05) is 44.2 Å². The Labute approximate surface area is 237 Å². The summed E-state index contributed by atoms with van der Waals surface area (Å²) in [6.45, 7) is 8.41. The number of nitrogens with two attached hydrogens (primary N) is 1. The number of amides is 1. The average Bonchev–Trinajstić information content (AvgIpc) is 3.58. The average molecular weight is 559 g/mol. The third-order valence-corrected chi connectivity index (χ3v) is 8.69. The van der Waals surface area contributed by atoms with Crippen LogP contribution in [0.1, 0.15) is 36.4 Å². The highest BCUT2D eigenvalue weighted by Gasteiger charge is 2.31. The number of carbonyl (C=O) groups excluding carboxylic acids is 1. The van der Waals surface area contributed by atoms with E-state index in [0.717, 1.165) is 47.0 Å². The molecule has 0 radical (unpaired) electrons. The van der Waals surface area contributed by atoms with Crippen LogP contribution in [0, 0.1) is 0 Å². The van der Waals surface area contributed by atoms with Crippen LogP contribution in [0.5, 0.6) is 11.5 Å². The van der Waals surface area contributed by atoms with E-state index < -0.39 is 5.91 Å². The lowest BCUT2D eigenvalue weighted by molar-refractivity contribution is 0.100. The van der Waals surface area contributed by atoms with Crippen LogP contribution in [-0.2, 0) is 0 Å². The fourth-order valence-corrected chi connectivity index (χ4v) is 6.72. The van der Waals surface area contributed by atoms with Crippen LogP contribution in [0.4, 0.5) is 17.3 Å². The number of piperazine rings is 1. The molecule has 0 unspecified atom stereocenters. The van der Waals surface area contributed by atoms with Gasteiger partial charge in [0.05, 0.1) is 35.3 Å². The van der Waals surface area contributed by atoms with E-state index in [-0.39, 0.29) is 6.10 Å². The number of nitrogens with zero attached hydrogens (tertiary/aromatic N) is 4. The van der Waals surface area contributed by atoms with Gasteiger partial charge in [-0.2, -0.15) is 0 Å². The van der Waals surface area contributed by atoms with Gasteiger partial charge in [0, 0.05) is 48.6 Å². The first kappa shape index (κ1) is 26.3. The number of primary amides is 1. The molecule has 6 rings (SSSR count). The third-order valence-electron chi connectivity index (χ3n) is 7.56. The smallest absolute Gasteiger partial charge is 0.259 e. The summed E-state index contributed by atoms with van der Waals surface area (Å²) in [5.74, 6) is 1.27. The van der Waals surface area contributed by atoms with Gasteiger partial charge in [0.1, 0.15) is 16.4 Å². The molecule has 4 heterocycles. The predicted octanol–water partition coefficient (Wildman–Crippen LogP) is 5.28. The molecule has 2 aromatic carbocycles. The van der Waals surface area contributed by atoms with Crippen molar-refractivity contribution >= 4 is 44.8 Å². The number of anilines is 3. The number of hydrogen-bond acceptors (Lipinski definition) is 9. The Balaban J connectivity index is 1.35. The van der Waals surface area contributed by atoms with Gasteiger partial charge in [-0.1, -0.05) is 18.2 Å². The Morgan fingerprint density at radius 2 is 2.00 bits per heavy atom. The van der Waals surface area contributed by atoms with E-state index >= 15 is 0 Å². The molecule has 2 fully saturated rings. The Morgan fingerprint density at radius 3 is 2.80 bits per heavy atom. The van der Waals surface area contributed by atoms with Gasteiger partial charge in [0.25, 0.3) is 5.91 Å². The van der Waals surface area contributed by atoms with E-state index in [0.29, 0.717) is 33.7 Å². The minimum absolute atomic E-state index is 0.00183. The Morgan fingerprint density at radius 1 is 1.15 bits per heavy atom. The highest BCUT2D eigenvalue weighted by Crippen LogP contribution is 2.42. The molecular weight excluding hydrogens is 524 g/mol. The van der Waals surface area contributed by atoms with Crippen LogP contribution in [0.3, 0.4) is 0 Å². The number of hydrogen-bond donors (Lipinski definition) is 2. The van der Waals surface area contributed by atoms with Crippen molar-refractivity contribution in [1.82, 2.24) is 14.9 Å². The number of ether oxygens (including phenoxy) is 2. The van der Waals surface area contributed by atoms with E-state index in [2.05, 4.69) is 32.2 Å². The number of para-hydroxylation sites is 1. The standard InChI is InChI=1S/C30H34N6O3S/c1-18(2)39-24-15-19(36-14-13-35-12-6-7-20(35)17-36)10-11-22(24)33-30-32-16-25-27(34-30)26(28(40-25)29(31)37)21-8-4-5-9-23(21)38-3/h4-5,8-11,15-16,18,20H,6-7,12-14,17H2,1-3H3,(H2,31,37)(H,32,33,34)/t20-/m1/s1. The lowest BCUT2D eigenvalue weighted by Gasteiger charge is -2.39. The van der Waals surface area contributed by atoms with Crippen molar-refractivity contribution in [2.75, 3.05) is 43.5 Å². The van der Waals surface area contributed by atoms with Gasteiger partial charge in [-0.15, -0.1) is 11.3 Å². The van der Waals surface area contributed by atoms with Crippen LogP contribution < -0.4 is 25.4 Å². The molecule has 2 aliphatic heterocycles. The van der Waals surface area contributed by atoms with Crippen molar-refractivity contribution in [3.05, 3.63) is 53.5 Å². The molecule has 40 heavy (non-hydrogen) atoms. The molecule has 2 aromatic heterocycles. The first-order chi connectivity index (χ1) is 19.4. The molecule has 0 bridgehead atoms. The molecule has 208 valence electrons. The van der Waals surface area contributed by atoms with Crippen molar-refractivity contribution < 1.29 is 14.3 Å². The zero-order chi connectivity index (χ0) is 27.8. The first-order valence-electron chi connectivity index (χ1n) is 13.7. The number of aromatic nitrogens is 2. The van der Waals surface area contributed by atoms with E-state index in [4.69, 9.17) is 20.2 Å². The van der Waals surface area contributed by atoms with Gasteiger partial charge >= 0.3 is 0 Å². The maximum atomic E-state index is 12.4. The summed E-state index contributed by atoms with van der Waals surface area (Å²) in [4.78, 5) is 27.3. The van der Waals surface area contributed by atoms with Gasteiger partial charge < -0.3 is 25.4 Å². The van der Waals surface area contributed by atoms with Crippen LogP contribution in [0.25, 0.3) is 21.3 Å². The SMILES string of the molecule is COc1ccccc1-c1c(C(N)=O)sc2cnc(Nc3ccc(N4CCN5CCC[C@@H]5C4)cc3OC(C)C)nc12. The molecule has 0 saturated carbocycles. The number of carbonyl (C=O) groups is 1. The fraction of sp³-hybridized carbons (Fsp3) is 0.367. The first-order valence-corrected chi connectivity index (χ1v) is 14.5. The Hall–Kier alpha value is -3.89. The number of methoxy groups -OCH3 is 1. The molecule has 9 nitrogen and oxygen atoms in total. The second kappa shape index (κ2) is 10.9. The van der Waals surface area contributed by atoms with Crippen molar-refractivity contribution in [1.29, 1.82) is 0 Å². The van der Waals surface area contributed by atoms with Crippen molar-refractivity contribution in [3.63, 3.8) is 0 Å². The molecule has 2 aliphatic rings. The second-order valence-electron chi connectivity index (χ2n) is 10.5. The molecule has 3 N–H and O–H groups in total. The fourth-order valence-electron chi connectivity index (χ4n) is 5.74. The van der Waals surface area contributed by atoms with Gasteiger partial charge in [-0.25, -0.2) is 9.97 Å². The van der Waals surface area contributed by atoms with E-state index in [1.165, 1.54) is 30.7 Å². The summed E-state index contributed by atoms with van der Waals surface area (Å²) in [6.07, 6.45) is 4.27. The number of fused-ring (bicyclic) bond motifs is 2. The van der Waals surface area contributed by atoms with Crippen LogP contribution in [0.2, 0.25) is 0 Å². The molecule has 10 heteroatoms. The van der Waals surface area contributed by atoms with Crippen LogP contribution in [-0.4, -0.2) is 66.2 Å². The maximum absolute atomic E-state index is 12.4. The maximum Gasteiger partial charge on any atom is 0.259 e. The highest BCUT2D eigenvalue weighted by atomic mass is 32.1. The van der Waals surface area contributed by atoms with Gasteiger partial charge in [0.15, 0.2) is 0 Å². The minimum Gasteiger partial charge on any atom is -0.496 e. The zero-order valence-corrected chi connectivity index (χ0v) is 23.8. The quantitative estimate of drug-likeness (QED) is 0.301. The molecule has 4 aromatic rings. The summed E-state index contributed by atoms with van der Waals surface area (Å²) in [7, 11) is 1.60. The topological polar surface area (TPSA) is 106 Å². The summed E-state index contributed by atoms with van der Waals surface area (Å²) in [6, 6.07) is 14.5. The molecule has 1 atom stereocenters. The summed E-state index contributed by atoms with van der Waals surface area (Å²) >= 11 is 1.28. The van der Waals surface area contributed by atoms with E-state index in [9.17, 15) is 4.79 Å². The van der Waals surface area contributed by atoms with Crippen molar-refractivity contribution in [2.45, 2.75) is 38.8 Å². The molecule has 2 saturated heterocycles. The van der Waals surface area contributed by atoms with Gasteiger partial charge in [-0.05, 0) is 51.4 Å². The summed E-state index contributed by atoms with van der Waals surface area (Å²) in [5, 5.41) is 3.37. The van der Waals surface area contributed by atoms with Crippen molar-refractivity contribution in [2.24, 2.45) is 5.73 Å². The minimum atomic E-state index is -0.514. The number of benzene rings is 2. The largest absolute Gasteiger partial charge is 0.496 e. The number of rotatable bonds is 8. The second-order valence-corrected chi connectivity index (χ2v) is 11.6. The number of thiophene rings is 1. The van der Waals surface area contributed by atoms with Gasteiger partial charge in [0.2, 0.25) is 5.95 Å². The summed E-state index contributed by atoms with van der Waals surface area (Å²) < 4.78 is 12.6. The van der Waals surface area contributed by atoms with E-state index in [1.54, 1.807) is 13.3 Å². The Kier molecular flexibility index (Phi) is 7.20. The van der Waals surface area contributed by atoms with Crippen LogP contribution >= 0.6 is 11.3 Å². The molecular formula is C30H34N6O3S. The molecule has 0 aliphatic carbocycles. The summed E-state index contributed by atoms with van der Waals surface area (Å²) in [5.41, 5.74) is 9.76. The monoisotopic (exact) mass is 558 g/mol. The molecule has 0 spiro atoms. The van der Waals surface area contributed by atoms with Crippen LogP contribution in [0.15, 0.2) is 48.7 Å². The normalized spacial score (nSPS) is 17.3. The Bertz CT molecular complexity index is 1550.